The van der Waals surface area contributed by atoms with Crippen molar-refractivity contribution in [2.24, 2.45) is 0 Å². The highest BCUT2D eigenvalue weighted by atomic mass is 32.3. The zero-order chi connectivity index (χ0) is 8.20. The van der Waals surface area contributed by atoms with Crippen LogP contribution in [-0.2, 0) is 18.8 Å². The lowest BCUT2D eigenvalue weighted by molar-refractivity contribution is 0.0759. The Balaban J connectivity index is 3.70. The van der Waals surface area contributed by atoms with Gasteiger partial charge in [0, 0.05) is 0 Å². The van der Waals surface area contributed by atoms with Crippen molar-refractivity contribution in [3.8, 4) is 0 Å². The van der Waals surface area contributed by atoms with Crippen molar-refractivity contribution < 1.29 is 25.6 Å². The van der Waals surface area contributed by atoms with E-state index in [1.54, 1.807) is 0 Å². The Kier molecular flexibility index (Phi) is 3.69. The number of hydrogen-bond donors (Lipinski definition) is 0. The summed E-state index contributed by atoms with van der Waals surface area (Å²) in [5.74, 6) is 0. The quantitative estimate of drug-likeness (QED) is 0.612. The van der Waals surface area contributed by atoms with Gasteiger partial charge in [0.15, 0.2) is 0 Å². The summed E-state index contributed by atoms with van der Waals surface area (Å²) < 4.78 is 50.1. The zero-order valence-corrected chi connectivity index (χ0v) is 5.90. The molecule has 0 aliphatic rings. The van der Waals surface area contributed by atoms with Crippen molar-refractivity contribution in [1.82, 2.24) is 0 Å². The molecule has 0 rings (SSSR count). The minimum absolute atomic E-state index is 0.820. The standard InChI is InChI=1S/C3H6F2O4S/c1-8-10(6,7)9-2-3(4)5/h3H,2H2,1H3. The van der Waals surface area contributed by atoms with E-state index in [0.29, 0.717) is 0 Å². The van der Waals surface area contributed by atoms with Crippen LogP contribution in [0, 0.1) is 0 Å². The second kappa shape index (κ2) is 3.79. The third kappa shape index (κ3) is 4.59. The highest BCUT2D eigenvalue weighted by Gasteiger charge is 2.12. The Labute approximate surface area is 57.1 Å². The molecule has 0 amide bonds. The summed E-state index contributed by atoms with van der Waals surface area (Å²) >= 11 is 0. The van der Waals surface area contributed by atoms with Gasteiger partial charge in [0.2, 0.25) is 0 Å². The van der Waals surface area contributed by atoms with Gasteiger partial charge >= 0.3 is 10.4 Å². The van der Waals surface area contributed by atoms with Crippen LogP contribution in [0.5, 0.6) is 0 Å². The average Bonchev–Trinajstić information content (AvgIpc) is 1.85. The van der Waals surface area contributed by atoms with Gasteiger partial charge in [0.1, 0.15) is 6.61 Å². The van der Waals surface area contributed by atoms with Gasteiger partial charge in [-0.15, -0.1) is 0 Å². The zero-order valence-electron chi connectivity index (χ0n) is 5.08. The molecular formula is C3H6F2O4S. The second-order valence-corrected chi connectivity index (χ2v) is 2.64. The highest BCUT2D eigenvalue weighted by Crippen LogP contribution is 1.98. The first-order valence-electron chi connectivity index (χ1n) is 2.21. The molecule has 7 heteroatoms. The van der Waals surface area contributed by atoms with E-state index in [1.165, 1.54) is 0 Å². The van der Waals surface area contributed by atoms with Gasteiger partial charge in [0.25, 0.3) is 6.43 Å². The number of rotatable bonds is 4. The third-order valence-electron chi connectivity index (χ3n) is 0.542. The lowest BCUT2D eigenvalue weighted by Gasteiger charge is -1.99. The van der Waals surface area contributed by atoms with Crippen molar-refractivity contribution in [3.05, 3.63) is 0 Å². The van der Waals surface area contributed by atoms with Crippen molar-refractivity contribution in [3.63, 3.8) is 0 Å². The van der Waals surface area contributed by atoms with Crippen LogP contribution in [0.1, 0.15) is 0 Å². The minimum Gasteiger partial charge on any atom is -0.252 e. The molecule has 0 aliphatic heterocycles. The fourth-order valence-corrected chi connectivity index (χ4v) is 0.549. The van der Waals surface area contributed by atoms with E-state index in [1.807, 2.05) is 0 Å². The van der Waals surface area contributed by atoms with Crippen LogP contribution in [0.4, 0.5) is 8.78 Å². The maximum atomic E-state index is 11.3. The summed E-state index contributed by atoms with van der Waals surface area (Å²) in [7, 11) is -3.37. The Morgan fingerprint density at radius 3 is 2.30 bits per heavy atom. The second-order valence-electron chi connectivity index (χ2n) is 1.25. The Morgan fingerprint density at radius 1 is 1.50 bits per heavy atom. The predicted octanol–water partition coefficient (Wildman–Crippen LogP) is 0.159. The molecule has 4 nitrogen and oxygen atoms in total. The highest BCUT2D eigenvalue weighted by molar-refractivity contribution is 7.81. The average molecular weight is 176 g/mol. The molecule has 0 aromatic heterocycles. The first-order valence-corrected chi connectivity index (χ1v) is 3.54. The van der Waals surface area contributed by atoms with Crippen LogP contribution in [0.25, 0.3) is 0 Å². The SMILES string of the molecule is COS(=O)(=O)OCC(F)F. The first kappa shape index (κ1) is 9.73. The van der Waals surface area contributed by atoms with Crippen molar-refractivity contribution in [2.45, 2.75) is 6.43 Å². The topological polar surface area (TPSA) is 52.6 Å². The molecule has 0 aliphatic carbocycles. The van der Waals surface area contributed by atoms with Crippen LogP contribution in [-0.4, -0.2) is 28.6 Å². The summed E-state index contributed by atoms with van der Waals surface area (Å²) in [6.45, 7) is -1.17. The molecule has 0 radical (unpaired) electrons. The normalized spacial score (nSPS) is 12.4. The maximum absolute atomic E-state index is 11.3. The lowest BCUT2D eigenvalue weighted by Crippen LogP contribution is -2.12. The van der Waals surface area contributed by atoms with Gasteiger partial charge in [-0.1, -0.05) is 0 Å². The summed E-state index contributed by atoms with van der Waals surface area (Å²) in [5.41, 5.74) is 0. The van der Waals surface area contributed by atoms with Crippen molar-refractivity contribution >= 4 is 10.4 Å². The van der Waals surface area contributed by atoms with Gasteiger partial charge in [-0.2, -0.15) is 8.42 Å². The van der Waals surface area contributed by atoms with Crippen LogP contribution in [0.2, 0.25) is 0 Å². The molecule has 62 valence electrons. The van der Waals surface area contributed by atoms with Gasteiger partial charge in [-0.3, -0.25) is 4.18 Å². The molecule has 0 N–H and O–H groups in total. The molecule has 0 unspecified atom stereocenters. The monoisotopic (exact) mass is 176 g/mol. The number of halogens is 2. The van der Waals surface area contributed by atoms with Crippen LogP contribution >= 0.6 is 0 Å². The van der Waals surface area contributed by atoms with E-state index < -0.39 is 23.4 Å². The molecule has 10 heavy (non-hydrogen) atoms. The number of hydrogen-bond acceptors (Lipinski definition) is 4. The fourth-order valence-electron chi connectivity index (χ4n) is 0.183. The van der Waals surface area contributed by atoms with E-state index in [2.05, 4.69) is 8.37 Å². The predicted molar refractivity (Wildman–Crippen MR) is 27.9 cm³/mol. The third-order valence-corrected chi connectivity index (χ3v) is 1.38. The summed E-state index contributed by atoms with van der Waals surface area (Å²) in [6.07, 6.45) is -2.81. The Morgan fingerprint density at radius 2 is 2.00 bits per heavy atom. The summed E-state index contributed by atoms with van der Waals surface area (Å²) in [4.78, 5) is 0. The first-order chi connectivity index (χ1) is 4.48. The Hall–Kier alpha value is -0.270. The molecule has 0 bridgehead atoms. The van der Waals surface area contributed by atoms with Gasteiger partial charge < -0.3 is 0 Å². The van der Waals surface area contributed by atoms with Crippen LogP contribution < -0.4 is 0 Å². The van der Waals surface area contributed by atoms with Crippen molar-refractivity contribution in [2.75, 3.05) is 13.7 Å². The largest absolute Gasteiger partial charge is 0.399 e. The Bertz CT molecular complexity index is 175. The smallest absolute Gasteiger partial charge is 0.252 e. The molecule has 0 spiro atoms. The molecule has 0 saturated carbocycles. The maximum Gasteiger partial charge on any atom is 0.399 e. The molecule has 0 atom stereocenters. The van der Waals surface area contributed by atoms with E-state index in [4.69, 9.17) is 0 Å². The van der Waals surface area contributed by atoms with Gasteiger partial charge in [-0.05, 0) is 0 Å². The molecule has 0 heterocycles. The molecular weight excluding hydrogens is 170 g/mol. The van der Waals surface area contributed by atoms with E-state index >= 15 is 0 Å². The fraction of sp³-hybridized carbons (Fsp3) is 1.00. The van der Waals surface area contributed by atoms with Gasteiger partial charge in [-0.25, -0.2) is 13.0 Å². The summed E-state index contributed by atoms with van der Waals surface area (Å²) in [5, 5.41) is 0. The molecule has 0 fully saturated rings. The number of alkyl halides is 2. The molecule has 0 saturated heterocycles. The molecule has 0 aromatic carbocycles. The van der Waals surface area contributed by atoms with E-state index in [9.17, 15) is 17.2 Å². The van der Waals surface area contributed by atoms with Crippen LogP contribution in [0.3, 0.4) is 0 Å². The minimum atomic E-state index is -4.19. The van der Waals surface area contributed by atoms with Crippen molar-refractivity contribution in [1.29, 1.82) is 0 Å². The summed E-state index contributed by atoms with van der Waals surface area (Å²) in [6, 6.07) is 0. The van der Waals surface area contributed by atoms with Gasteiger partial charge in [0.05, 0.1) is 7.11 Å². The van der Waals surface area contributed by atoms with E-state index in [0.717, 1.165) is 7.11 Å². The van der Waals surface area contributed by atoms with Crippen LogP contribution in [0.15, 0.2) is 0 Å². The lowest BCUT2D eigenvalue weighted by atomic mass is 10.8. The van der Waals surface area contributed by atoms with E-state index in [-0.39, 0.29) is 0 Å². The molecule has 0 aromatic rings.